The van der Waals surface area contributed by atoms with Gasteiger partial charge in [-0.2, -0.15) is 0 Å². The average molecular weight is 658 g/mol. The summed E-state index contributed by atoms with van der Waals surface area (Å²) in [6, 6.07) is 58.3. The van der Waals surface area contributed by atoms with Crippen molar-refractivity contribution in [2.45, 2.75) is 0 Å². The quantitative estimate of drug-likeness (QED) is 0.189. The van der Waals surface area contributed by atoms with Gasteiger partial charge in [0.2, 0.25) is 0 Å². The van der Waals surface area contributed by atoms with Crippen LogP contribution in [0.5, 0.6) is 0 Å². The molecule has 3 nitrogen and oxygen atoms in total. The Kier molecular flexibility index (Phi) is 5.83. The molecule has 0 unspecified atom stereocenters. The van der Waals surface area contributed by atoms with Crippen molar-refractivity contribution in [3.05, 3.63) is 164 Å². The van der Waals surface area contributed by atoms with E-state index >= 15 is 0 Å². The Labute approximate surface area is 290 Å². The van der Waals surface area contributed by atoms with E-state index in [0.29, 0.717) is 0 Å². The van der Waals surface area contributed by atoms with Crippen LogP contribution in [-0.2, 0) is 0 Å². The fraction of sp³-hybridized carbons (Fsp3) is 0. The Hall–Kier alpha value is -6.36. The number of furan rings is 2. The van der Waals surface area contributed by atoms with Crippen LogP contribution in [0.1, 0.15) is 0 Å². The number of rotatable bonds is 4. The van der Waals surface area contributed by atoms with Gasteiger partial charge in [-0.25, -0.2) is 0 Å². The average Bonchev–Trinajstić information content (AvgIpc) is 3.85. The number of thiophene rings is 1. The number of para-hydroxylation sites is 2. The summed E-state index contributed by atoms with van der Waals surface area (Å²) in [6.07, 6.45) is 0. The first kappa shape index (κ1) is 27.6. The topological polar surface area (TPSA) is 29.5 Å². The van der Waals surface area contributed by atoms with E-state index in [9.17, 15) is 0 Å². The molecule has 0 bridgehead atoms. The van der Waals surface area contributed by atoms with Gasteiger partial charge in [0, 0.05) is 53.1 Å². The van der Waals surface area contributed by atoms with Crippen molar-refractivity contribution in [2.75, 3.05) is 4.90 Å². The van der Waals surface area contributed by atoms with E-state index in [-0.39, 0.29) is 0 Å². The second-order valence-electron chi connectivity index (χ2n) is 12.9. The van der Waals surface area contributed by atoms with E-state index in [1.807, 2.05) is 23.5 Å². The molecule has 234 valence electrons. The second kappa shape index (κ2) is 10.6. The van der Waals surface area contributed by atoms with Crippen LogP contribution < -0.4 is 4.90 Å². The maximum absolute atomic E-state index is 6.78. The zero-order valence-electron chi connectivity index (χ0n) is 26.8. The second-order valence-corrected chi connectivity index (χ2v) is 14.0. The smallest absolute Gasteiger partial charge is 0.144 e. The van der Waals surface area contributed by atoms with Crippen molar-refractivity contribution in [3.8, 4) is 11.1 Å². The first-order chi connectivity index (χ1) is 24.8. The van der Waals surface area contributed by atoms with Gasteiger partial charge in [-0.3, -0.25) is 0 Å². The first-order valence-electron chi connectivity index (χ1n) is 16.8. The molecular weight excluding hydrogens is 631 g/mol. The number of nitrogens with zero attached hydrogens (tertiary/aromatic N) is 1. The first-order valence-corrected chi connectivity index (χ1v) is 17.6. The summed E-state index contributed by atoms with van der Waals surface area (Å²) in [5, 5.41) is 9.33. The minimum atomic E-state index is 0.903. The molecule has 0 saturated heterocycles. The maximum Gasteiger partial charge on any atom is 0.144 e. The Morgan fingerprint density at radius 1 is 0.400 bits per heavy atom. The third-order valence-electron chi connectivity index (χ3n) is 10.0. The highest BCUT2D eigenvalue weighted by Gasteiger charge is 2.22. The summed E-state index contributed by atoms with van der Waals surface area (Å²) in [5.41, 5.74) is 9.24. The van der Waals surface area contributed by atoms with Crippen LogP contribution in [0.4, 0.5) is 17.1 Å². The molecule has 0 radical (unpaired) electrons. The summed E-state index contributed by atoms with van der Waals surface area (Å²) in [4.78, 5) is 2.37. The number of anilines is 3. The highest BCUT2D eigenvalue weighted by atomic mass is 32.1. The van der Waals surface area contributed by atoms with Crippen molar-refractivity contribution < 1.29 is 8.83 Å². The van der Waals surface area contributed by atoms with Crippen LogP contribution in [0.3, 0.4) is 0 Å². The lowest BCUT2D eigenvalue weighted by Gasteiger charge is -2.26. The molecule has 0 aliphatic heterocycles. The Balaban J connectivity index is 1.10. The van der Waals surface area contributed by atoms with Crippen molar-refractivity contribution in [1.82, 2.24) is 0 Å². The molecule has 3 aromatic heterocycles. The summed E-state index contributed by atoms with van der Waals surface area (Å²) in [5.74, 6) is 0. The van der Waals surface area contributed by atoms with Gasteiger partial charge in [0.15, 0.2) is 0 Å². The predicted molar refractivity (Wildman–Crippen MR) is 212 cm³/mol. The molecule has 0 spiro atoms. The molecule has 11 aromatic rings. The fourth-order valence-corrected chi connectivity index (χ4v) is 8.83. The Bertz CT molecular complexity index is 3090. The van der Waals surface area contributed by atoms with Gasteiger partial charge in [0.05, 0.1) is 5.69 Å². The summed E-state index contributed by atoms with van der Waals surface area (Å²) >= 11 is 1.82. The molecule has 0 N–H and O–H groups in total. The highest BCUT2D eigenvalue weighted by molar-refractivity contribution is 7.26. The molecule has 0 saturated carbocycles. The van der Waals surface area contributed by atoms with Crippen LogP contribution >= 0.6 is 11.3 Å². The number of hydrogen-bond donors (Lipinski definition) is 0. The molecular formula is C46H27NO2S. The standard InChI is InChI=1S/C46H27NO2S/c1-2-11-32(12-3-1)47(33-20-17-28(18-21-33)31-19-22-35-34-13-6-7-15-39(34)48-40(35)27-31)38-14-8-16-42-44(38)45-43(50-42)24-23-36-37-25-29-9-4-5-10-30(29)26-41(37)49-46(36)45/h1-27H. The third kappa shape index (κ3) is 4.09. The van der Waals surface area contributed by atoms with Gasteiger partial charge < -0.3 is 13.7 Å². The number of hydrogen-bond acceptors (Lipinski definition) is 4. The van der Waals surface area contributed by atoms with Crippen molar-refractivity contribution in [2.24, 2.45) is 0 Å². The maximum atomic E-state index is 6.78. The molecule has 0 atom stereocenters. The van der Waals surface area contributed by atoms with Crippen molar-refractivity contribution >= 4 is 103 Å². The van der Waals surface area contributed by atoms with Crippen LogP contribution in [0.2, 0.25) is 0 Å². The molecule has 3 heterocycles. The molecule has 4 heteroatoms. The van der Waals surface area contributed by atoms with Crippen LogP contribution in [0.15, 0.2) is 173 Å². The molecule has 11 rings (SSSR count). The fourth-order valence-electron chi connectivity index (χ4n) is 7.70. The zero-order chi connectivity index (χ0) is 32.8. The SMILES string of the molecule is c1ccc(N(c2ccc(-c3ccc4c(c3)oc3ccccc34)cc2)c2cccc3sc4ccc5c6cc7ccccc7cc6oc5c4c23)cc1. The molecule has 0 fully saturated rings. The minimum absolute atomic E-state index is 0.903. The molecule has 0 amide bonds. The lowest BCUT2D eigenvalue weighted by atomic mass is 10.0. The van der Waals surface area contributed by atoms with Gasteiger partial charge >= 0.3 is 0 Å². The summed E-state index contributed by atoms with van der Waals surface area (Å²) < 4.78 is 15.4. The monoisotopic (exact) mass is 657 g/mol. The molecule has 50 heavy (non-hydrogen) atoms. The summed E-state index contributed by atoms with van der Waals surface area (Å²) in [6.45, 7) is 0. The lowest BCUT2D eigenvalue weighted by molar-refractivity contribution is 0.669. The van der Waals surface area contributed by atoms with Crippen molar-refractivity contribution in [3.63, 3.8) is 0 Å². The Morgan fingerprint density at radius 2 is 1.08 bits per heavy atom. The highest BCUT2D eigenvalue weighted by Crippen LogP contribution is 2.48. The van der Waals surface area contributed by atoms with E-state index in [1.54, 1.807) is 0 Å². The van der Waals surface area contributed by atoms with E-state index in [2.05, 4.69) is 157 Å². The van der Waals surface area contributed by atoms with Gasteiger partial charge in [0.25, 0.3) is 0 Å². The van der Waals surface area contributed by atoms with E-state index < -0.39 is 0 Å². The van der Waals surface area contributed by atoms with Crippen LogP contribution in [0, 0.1) is 0 Å². The van der Waals surface area contributed by atoms with E-state index in [4.69, 9.17) is 8.83 Å². The molecule has 8 aromatic carbocycles. The van der Waals surface area contributed by atoms with Crippen molar-refractivity contribution in [1.29, 1.82) is 0 Å². The predicted octanol–water partition coefficient (Wildman–Crippen LogP) is 14.1. The Morgan fingerprint density at radius 3 is 1.96 bits per heavy atom. The largest absolute Gasteiger partial charge is 0.456 e. The lowest BCUT2D eigenvalue weighted by Crippen LogP contribution is -2.10. The van der Waals surface area contributed by atoms with Gasteiger partial charge in [-0.15, -0.1) is 11.3 Å². The van der Waals surface area contributed by atoms with Crippen LogP contribution in [-0.4, -0.2) is 0 Å². The van der Waals surface area contributed by atoms with Gasteiger partial charge in [-0.1, -0.05) is 84.9 Å². The van der Waals surface area contributed by atoms with Gasteiger partial charge in [0.1, 0.15) is 22.3 Å². The van der Waals surface area contributed by atoms with E-state index in [1.165, 1.54) is 25.6 Å². The normalized spacial score (nSPS) is 12.0. The van der Waals surface area contributed by atoms with E-state index in [0.717, 1.165) is 77.5 Å². The zero-order valence-corrected chi connectivity index (χ0v) is 27.6. The minimum Gasteiger partial charge on any atom is -0.456 e. The third-order valence-corrected chi connectivity index (χ3v) is 11.2. The summed E-state index contributed by atoms with van der Waals surface area (Å²) in [7, 11) is 0. The van der Waals surface area contributed by atoms with Crippen LogP contribution in [0.25, 0.3) is 85.9 Å². The molecule has 0 aliphatic carbocycles. The number of fused-ring (bicyclic) bond motifs is 11. The van der Waals surface area contributed by atoms with Gasteiger partial charge in [-0.05, 0) is 101 Å². The number of benzene rings is 8. The molecule has 0 aliphatic rings.